The first-order valence-corrected chi connectivity index (χ1v) is 34.9. The van der Waals surface area contributed by atoms with E-state index in [2.05, 4.69) is 58.5 Å². The zero-order valence-corrected chi connectivity index (χ0v) is 61.8. The molecule has 1 aliphatic rings. The molecule has 22 N–H and O–H groups in total. The van der Waals surface area contributed by atoms with Crippen molar-refractivity contribution < 1.29 is 102 Å². The van der Waals surface area contributed by atoms with Crippen LogP contribution in [0.25, 0.3) is 0 Å². The first-order valence-electron chi connectivity index (χ1n) is 34.9. The van der Waals surface area contributed by atoms with Crippen LogP contribution in [0.2, 0.25) is 0 Å². The largest absolute Gasteiger partial charge is 0.453 e. The van der Waals surface area contributed by atoms with Gasteiger partial charge in [0.2, 0.25) is 65.0 Å². The Bertz CT molecular complexity index is 3320. The smallest absolute Gasteiger partial charge is 0.408 e. The average Bonchev–Trinajstić information content (AvgIpc) is 0.811. The Kier molecular flexibility index (Phi) is 37.2. The second-order valence-electron chi connectivity index (χ2n) is 27.8. The van der Waals surface area contributed by atoms with Gasteiger partial charge in [0.15, 0.2) is 24.2 Å². The quantitative estimate of drug-likeness (QED) is 0.0136. The number of carbonyl (C=O) groups is 14. The number of guanidine groups is 1. The SMILES string of the molecule is CC[C@H](C)C1NC(=O)[C@@H](CCCNC(=N)N)NC(=O)[C@H](CC(C)C)NC(=O)[C@H]([C@H](O)C(C)C)NC(=O)[C@@H](NC(=O)[C@H](CC(C)C)NC(=O)C(CCNC(=O)OCc2ccccc2)NC(=O)OC(C)(C)C)[C@@H](c2ccccc2)OC(=O)[C@H](CO)NC(=O)[C@H]([C@H](O)C(N)=O)NC(=O)CNC(=O)C([C@H](C)O)NC1=O. The zero-order valence-electron chi connectivity index (χ0n) is 61.8. The molecule has 0 aliphatic carbocycles. The highest BCUT2D eigenvalue weighted by molar-refractivity contribution is 6.00. The van der Waals surface area contributed by atoms with Crippen molar-refractivity contribution in [1.29, 1.82) is 5.41 Å². The number of hydrogen-bond donors (Lipinski definition) is 20. The lowest BCUT2D eigenvalue weighted by atomic mass is 9.95. The van der Waals surface area contributed by atoms with E-state index in [-0.39, 0.29) is 63.8 Å². The molecule has 0 aromatic heterocycles. The van der Waals surface area contributed by atoms with Crippen molar-refractivity contribution in [1.82, 2.24) is 69.1 Å². The first-order chi connectivity index (χ1) is 49.7. The van der Waals surface area contributed by atoms with Gasteiger partial charge in [0.05, 0.1) is 25.4 Å². The molecule has 1 aliphatic heterocycles. The highest BCUT2D eigenvalue weighted by atomic mass is 16.6. The number of aliphatic hydroxyl groups excluding tert-OH is 4. The number of benzene rings is 2. The monoisotopic (exact) mass is 1500 g/mol. The van der Waals surface area contributed by atoms with Gasteiger partial charge in [0.1, 0.15) is 66.6 Å². The van der Waals surface area contributed by atoms with Gasteiger partial charge < -0.3 is 115 Å². The molecule has 37 nitrogen and oxygen atoms in total. The lowest BCUT2D eigenvalue weighted by Crippen LogP contribution is -2.64. The van der Waals surface area contributed by atoms with Crippen LogP contribution in [0.1, 0.15) is 139 Å². The van der Waals surface area contributed by atoms with Crippen LogP contribution in [0.3, 0.4) is 0 Å². The predicted octanol–water partition coefficient (Wildman–Crippen LogP) is -3.39. The van der Waals surface area contributed by atoms with E-state index in [1.165, 1.54) is 44.2 Å². The highest BCUT2D eigenvalue weighted by Gasteiger charge is 2.44. The summed E-state index contributed by atoms with van der Waals surface area (Å²) in [5, 5.41) is 83.6. The molecule has 1 saturated heterocycles. The summed E-state index contributed by atoms with van der Waals surface area (Å²) < 4.78 is 16.7. The summed E-state index contributed by atoms with van der Waals surface area (Å²) in [6.45, 7) is 15.5. The molecule has 106 heavy (non-hydrogen) atoms. The number of hydrogen-bond acceptors (Lipinski definition) is 22. The Morgan fingerprint density at radius 1 is 0.632 bits per heavy atom. The molecule has 2 aromatic rings. The summed E-state index contributed by atoms with van der Waals surface area (Å²) in [7, 11) is 0. The number of esters is 1. The topological polar surface area (TPSA) is 580 Å². The van der Waals surface area contributed by atoms with Crippen molar-refractivity contribution in [3.63, 3.8) is 0 Å². The van der Waals surface area contributed by atoms with Gasteiger partial charge in [0, 0.05) is 13.1 Å². The Balaban J connectivity index is 2.41. The van der Waals surface area contributed by atoms with Crippen LogP contribution in [0.15, 0.2) is 60.7 Å². The van der Waals surface area contributed by atoms with E-state index in [0.29, 0.717) is 5.56 Å². The summed E-state index contributed by atoms with van der Waals surface area (Å²) in [4.78, 5) is 199. The Morgan fingerprint density at radius 2 is 1.20 bits per heavy atom. The molecular formula is C69H108N16O21. The van der Waals surface area contributed by atoms with E-state index in [1.54, 1.807) is 92.6 Å². The average molecular weight is 1500 g/mol. The summed E-state index contributed by atoms with van der Waals surface area (Å²) >= 11 is 0. The van der Waals surface area contributed by atoms with Gasteiger partial charge in [-0.25, -0.2) is 14.4 Å². The van der Waals surface area contributed by atoms with E-state index < -0.39 is 216 Å². The lowest BCUT2D eigenvalue weighted by Gasteiger charge is -2.34. The third-order valence-electron chi connectivity index (χ3n) is 16.3. The van der Waals surface area contributed by atoms with Gasteiger partial charge in [0.25, 0.3) is 0 Å². The van der Waals surface area contributed by atoms with Gasteiger partial charge in [-0.3, -0.25) is 58.1 Å². The molecule has 0 saturated carbocycles. The number of cyclic esters (lactones) is 1. The third kappa shape index (κ3) is 30.8. The van der Waals surface area contributed by atoms with E-state index >= 15 is 14.4 Å². The number of ether oxygens (including phenoxy) is 3. The van der Waals surface area contributed by atoms with E-state index in [4.69, 9.17) is 31.1 Å². The van der Waals surface area contributed by atoms with E-state index in [0.717, 1.165) is 6.92 Å². The molecule has 0 spiro atoms. The summed E-state index contributed by atoms with van der Waals surface area (Å²) in [6.07, 6.45) is -11.2. The number of carbonyl (C=O) groups excluding carboxylic acids is 14. The number of aliphatic hydroxyl groups is 4. The molecular weight excluding hydrogens is 1390 g/mol. The molecule has 13 amide bonds. The summed E-state index contributed by atoms with van der Waals surface area (Å²) in [5.41, 5.74) is 10.3. The number of rotatable bonds is 27. The van der Waals surface area contributed by atoms with Crippen LogP contribution in [-0.2, 0) is 78.4 Å². The molecule has 590 valence electrons. The third-order valence-corrected chi connectivity index (χ3v) is 16.3. The number of nitrogens with one attached hydrogen (secondary N) is 14. The normalized spacial score (nSPS) is 22.6. The molecule has 3 rings (SSSR count). The van der Waals surface area contributed by atoms with E-state index in [1.807, 2.05) is 10.6 Å². The Morgan fingerprint density at radius 3 is 1.75 bits per heavy atom. The molecule has 3 unspecified atom stereocenters. The van der Waals surface area contributed by atoms with Gasteiger partial charge >= 0.3 is 18.2 Å². The lowest BCUT2D eigenvalue weighted by molar-refractivity contribution is -0.159. The first kappa shape index (κ1) is 89.9. The molecule has 0 bridgehead atoms. The maximum absolute atomic E-state index is 15.7. The molecule has 37 heteroatoms. The minimum Gasteiger partial charge on any atom is -0.453 e. The van der Waals surface area contributed by atoms with Crippen molar-refractivity contribution in [3.8, 4) is 0 Å². The van der Waals surface area contributed by atoms with Crippen molar-refractivity contribution >= 4 is 89.1 Å². The minimum atomic E-state index is -2.63. The van der Waals surface area contributed by atoms with Gasteiger partial charge in [-0.2, -0.15) is 0 Å². The van der Waals surface area contributed by atoms with Crippen molar-refractivity contribution in [2.75, 3.05) is 26.2 Å². The van der Waals surface area contributed by atoms with Crippen molar-refractivity contribution in [2.45, 2.75) is 219 Å². The Labute approximate surface area is 615 Å². The predicted molar refractivity (Wildman–Crippen MR) is 380 cm³/mol. The van der Waals surface area contributed by atoms with Crippen molar-refractivity contribution in [3.05, 3.63) is 71.8 Å². The van der Waals surface area contributed by atoms with Crippen molar-refractivity contribution in [2.24, 2.45) is 35.1 Å². The van der Waals surface area contributed by atoms with Gasteiger partial charge in [-0.15, -0.1) is 0 Å². The molecule has 1 fully saturated rings. The maximum Gasteiger partial charge on any atom is 0.408 e. The van der Waals surface area contributed by atoms with Gasteiger partial charge in [-0.05, 0) is 94.6 Å². The molecule has 0 radical (unpaired) electrons. The number of primary amides is 1. The zero-order chi connectivity index (χ0) is 79.9. The molecule has 1 heterocycles. The van der Waals surface area contributed by atoms with Crippen LogP contribution in [0.4, 0.5) is 9.59 Å². The number of amides is 13. The highest BCUT2D eigenvalue weighted by Crippen LogP contribution is 2.25. The molecule has 15 atom stereocenters. The summed E-state index contributed by atoms with van der Waals surface area (Å²) in [5.74, 6) is -18.6. The number of nitrogens with two attached hydrogens (primary N) is 2. The standard InChI is InChI=1S/C69H108N16O21/c1-13-37(8)47-61(97)83-48(38(9)87)60(96)75-31-46(88)81-50(53(90)55(70)91)63(99)79-45(32-86)65(101)105-54(40-23-18-15-19-24-40)51(64(100)84-49(52(89)36(6)7)62(98)78-43(29-34(2)3)58(94)76-41(57(93)82-47)25-20-27-73-66(71)72)85-59(95)44(30-35(4)5)77-56(92)42(80-68(103)106-69(10,11)12)26-28-74-67(102)104-33-39-21-16-14-17-22-39/h14-19,21-24,34-38,41-45,47-54,86-87,89-90H,13,20,25-33H2,1-12H3,(H2,70,91)(H,74,102)(H,75,96)(H,76,94)(H,77,92)(H,78,98)(H,79,99)(H,80,103)(H,81,88)(H,82,93)(H,83,97)(H,84,100)(H,85,95)(H4,71,72,73)/t37-,38-,41+,42?,43-,44-,45-,47?,48?,49-,50-,51-,52+,53-,54+/m0/s1. The van der Waals surface area contributed by atoms with E-state index in [9.17, 15) is 73.2 Å². The number of alkyl carbamates (subject to hydrolysis) is 2. The van der Waals surface area contributed by atoms with Crippen LogP contribution in [-0.4, -0.2) is 220 Å². The molecule has 2 aromatic carbocycles. The van der Waals surface area contributed by atoms with Crippen LogP contribution >= 0.6 is 0 Å². The second kappa shape index (κ2) is 43.9. The fourth-order valence-corrected chi connectivity index (χ4v) is 10.5. The second-order valence-corrected chi connectivity index (χ2v) is 27.8. The van der Waals surface area contributed by atoms with Crippen LogP contribution in [0.5, 0.6) is 0 Å². The fraction of sp³-hybridized carbons (Fsp3) is 0.609. The maximum atomic E-state index is 15.7. The summed E-state index contributed by atoms with van der Waals surface area (Å²) in [6, 6.07) is -3.60. The van der Waals surface area contributed by atoms with Crippen LogP contribution < -0.4 is 80.6 Å². The Hall–Kier alpha value is -10.3. The minimum absolute atomic E-state index is 0.0166. The fourth-order valence-electron chi connectivity index (χ4n) is 10.5. The van der Waals surface area contributed by atoms with Crippen LogP contribution in [0, 0.1) is 29.1 Å². The van der Waals surface area contributed by atoms with Gasteiger partial charge in [-0.1, -0.05) is 122 Å².